The van der Waals surface area contributed by atoms with Crippen molar-refractivity contribution in [2.45, 2.75) is 67.1 Å². The Balaban J connectivity index is 0.00000276. The molecule has 1 fully saturated rings. The number of rotatable bonds is 8. The van der Waals surface area contributed by atoms with Gasteiger partial charge >= 0.3 is 6.18 Å². The lowest BCUT2D eigenvalue weighted by atomic mass is 10.1. The number of aliphatic imine (C=N–C) groups is 1. The highest BCUT2D eigenvalue weighted by atomic mass is 19.4. The quantitative estimate of drug-likeness (QED) is 0.200. The second kappa shape index (κ2) is 16.1. The number of amides is 2. The molecule has 0 spiro atoms. The van der Waals surface area contributed by atoms with Crippen molar-refractivity contribution in [3.05, 3.63) is 62.9 Å². The summed E-state index contributed by atoms with van der Waals surface area (Å²) in [5.74, 6) is -0.778. The van der Waals surface area contributed by atoms with Crippen LogP contribution in [0.3, 0.4) is 0 Å². The zero-order chi connectivity index (χ0) is 36.7. The first-order valence-electron chi connectivity index (χ1n) is 16.4. The van der Waals surface area contributed by atoms with Crippen molar-refractivity contribution in [2.75, 3.05) is 49.6 Å². The number of ether oxygens (including phenoxy) is 1. The van der Waals surface area contributed by atoms with Crippen LogP contribution in [-0.2, 0) is 33.5 Å². The highest BCUT2D eigenvalue weighted by Crippen LogP contribution is 2.29. The molecular weight excluding hydrogens is 659 g/mol. The van der Waals surface area contributed by atoms with Gasteiger partial charge in [-0.1, -0.05) is 26.8 Å². The molecule has 17 heteroatoms. The molecule has 5 rings (SSSR count). The number of hydrogen-bond acceptors (Lipinski definition) is 10. The first-order chi connectivity index (χ1) is 23.8. The Morgan fingerprint density at radius 2 is 1.84 bits per heavy atom. The standard InChI is InChI=1S/C31H36F3N9O5.C2H6/c1-5-22-26(40-11-13-41(14-12-40)28(46)25(19(4)44)35-6-2)29(47)43-30(38-27(39-43)20-9-15-48-16-10-20)42(22)17-24(45)37-21-7-8-23(31(32,33)34)36-18(21)3;1-2/h6-9,44H,5,10-17H2,1-4H3,(H,37,45);1-2H3/b25-19+,35-6?;. The van der Waals surface area contributed by atoms with Gasteiger partial charge in [0.05, 0.1) is 30.3 Å². The van der Waals surface area contributed by atoms with E-state index in [1.165, 1.54) is 20.1 Å². The van der Waals surface area contributed by atoms with Gasteiger partial charge in [0, 0.05) is 32.4 Å². The van der Waals surface area contributed by atoms with E-state index < -0.39 is 29.2 Å². The molecule has 0 aromatic carbocycles. The molecule has 0 radical (unpaired) electrons. The maximum absolute atomic E-state index is 14.1. The zero-order valence-corrected chi connectivity index (χ0v) is 29.0. The second-order valence-electron chi connectivity index (χ2n) is 11.2. The number of carbonyl (C=O) groups is 2. The van der Waals surface area contributed by atoms with Gasteiger partial charge < -0.3 is 29.5 Å². The van der Waals surface area contributed by atoms with E-state index in [9.17, 15) is 32.7 Å². The molecular formula is C33H42F3N9O5. The molecule has 2 aliphatic rings. The number of nitrogens with one attached hydrogen (secondary N) is 1. The summed E-state index contributed by atoms with van der Waals surface area (Å²) >= 11 is 0. The van der Waals surface area contributed by atoms with Gasteiger partial charge in [-0.3, -0.25) is 19.4 Å². The molecule has 3 aromatic rings. The average Bonchev–Trinajstić information content (AvgIpc) is 3.56. The number of nitrogens with zero attached hydrogens (tertiary/aromatic N) is 8. The lowest BCUT2D eigenvalue weighted by Crippen LogP contribution is -2.51. The highest BCUT2D eigenvalue weighted by molar-refractivity contribution is 5.95. The van der Waals surface area contributed by atoms with Crippen LogP contribution < -0.4 is 15.8 Å². The Bertz CT molecular complexity index is 1880. The molecule has 14 nitrogen and oxygen atoms in total. The summed E-state index contributed by atoms with van der Waals surface area (Å²) in [5.41, 5.74) is 0.0782. The smallest absolute Gasteiger partial charge is 0.433 e. The molecule has 50 heavy (non-hydrogen) atoms. The summed E-state index contributed by atoms with van der Waals surface area (Å²) < 4.78 is 47.6. The van der Waals surface area contributed by atoms with E-state index in [-0.39, 0.29) is 67.0 Å². The molecule has 2 N–H and O–H groups in total. The fourth-order valence-electron chi connectivity index (χ4n) is 5.70. The van der Waals surface area contributed by atoms with Crippen LogP contribution in [0.5, 0.6) is 0 Å². The summed E-state index contributed by atoms with van der Waals surface area (Å²) in [4.78, 5) is 56.3. The number of alkyl halides is 3. The van der Waals surface area contributed by atoms with Gasteiger partial charge in [0.15, 0.2) is 11.5 Å². The van der Waals surface area contributed by atoms with Gasteiger partial charge in [0.25, 0.3) is 11.5 Å². The Morgan fingerprint density at radius 1 is 1.14 bits per heavy atom. The van der Waals surface area contributed by atoms with Crippen molar-refractivity contribution < 1.29 is 32.6 Å². The highest BCUT2D eigenvalue weighted by Gasteiger charge is 2.33. The number of halogens is 3. The van der Waals surface area contributed by atoms with Crippen LogP contribution in [0, 0.1) is 6.92 Å². The van der Waals surface area contributed by atoms with Crippen molar-refractivity contribution >= 4 is 40.8 Å². The van der Waals surface area contributed by atoms with E-state index in [1.807, 2.05) is 31.7 Å². The minimum Gasteiger partial charge on any atom is -0.510 e. The first kappa shape index (κ1) is 37.8. The molecule has 2 aliphatic heterocycles. The van der Waals surface area contributed by atoms with E-state index in [0.29, 0.717) is 37.6 Å². The lowest BCUT2D eigenvalue weighted by molar-refractivity contribution is -0.141. The van der Waals surface area contributed by atoms with Crippen LogP contribution in [0.2, 0.25) is 0 Å². The number of aryl methyl sites for hydroxylation is 1. The predicted octanol–water partition coefficient (Wildman–Crippen LogP) is 4.17. The number of aliphatic hydroxyl groups excluding tert-OH is 1. The molecule has 0 saturated carbocycles. The minimum atomic E-state index is -4.63. The van der Waals surface area contributed by atoms with Crippen molar-refractivity contribution in [2.24, 2.45) is 4.99 Å². The lowest BCUT2D eigenvalue weighted by Gasteiger charge is -2.36. The Hall–Kier alpha value is -5.06. The van der Waals surface area contributed by atoms with Crippen LogP contribution in [0.15, 0.2) is 39.5 Å². The number of aromatic nitrogens is 5. The fourth-order valence-corrected chi connectivity index (χ4v) is 5.70. The summed E-state index contributed by atoms with van der Waals surface area (Å²) in [5, 5.41) is 17.2. The molecule has 1 saturated heterocycles. The SMILES string of the molecule is CC.CC=N/C(C(=O)N1CCN(c2c(CC)n(CC(=O)Nc3ccc(C(F)(F)F)nc3C)c3nc(C4=CCOCC4)nn3c2=O)CC1)=C(\C)O. The Kier molecular flexibility index (Phi) is 12.2. The van der Waals surface area contributed by atoms with Crippen LogP contribution in [0.25, 0.3) is 11.4 Å². The number of aliphatic hydroxyl groups is 1. The number of hydrogen-bond donors (Lipinski definition) is 2. The third-order valence-electron chi connectivity index (χ3n) is 8.05. The van der Waals surface area contributed by atoms with Crippen molar-refractivity contribution in [3.8, 4) is 0 Å². The monoisotopic (exact) mass is 701 g/mol. The topological polar surface area (TPSA) is 160 Å². The number of pyridine rings is 1. The number of allylic oxidation sites excluding steroid dienone is 1. The zero-order valence-electron chi connectivity index (χ0n) is 29.0. The van der Waals surface area contributed by atoms with Crippen molar-refractivity contribution in [3.63, 3.8) is 0 Å². The normalized spacial score (nSPS) is 15.8. The van der Waals surface area contributed by atoms with E-state index >= 15 is 0 Å². The van der Waals surface area contributed by atoms with Crippen molar-refractivity contribution in [1.82, 2.24) is 29.0 Å². The second-order valence-corrected chi connectivity index (χ2v) is 11.2. The summed E-state index contributed by atoms with van der Waals surface area (Å²) in [6.45, 7) is 11.7. The maximum Gasteiger partial charge on any atom is 0.433 e. The molecule has 0 bridgehead atoms. The van der Waals surface area contributed by atoms with Crippen LogP contribution >= 0.6 is 0 Å². The fraction of sp³-hybridized carbons (Fsp3) is 0.485. The van der Waals surface area contributed by atoms with Gasteiger partial charge in [-0.05, 0) is 51.3 Å². The van der Waals surface area contributed by atoms with Gasteiger partial charge in [-0.25, -0.2) is 4.98 Å². The number of carbonyl (C=O) groups excluding carboxylic acids is 2. The van der Waals surface area contributed by atoms with Gasteiger partial charge in [-0.2, -0.15) is 22.7 Å². The largest absolute Gasteiger partial charge is 0.510 e. The van der Waals surface area contributed by atoms with Crippen molar-refractivity contribution in [1.29, 1.82) is 0 Å². The molecule has 3 aromatic heterocycles. The molecule has 0 unspecified atom stereocenters. The predicted molar refractivity (Wildman–Crippen MR) is 182 cm³/mol. The number of fused-ring (bicyclic) bond motifs is 1. The van der Waals surface area contributed by atoms with Gasteiger partial charge in [0.1, 0.15) is 23.7 Å². The summed E-state index contributed by atoms with van der Waals surface area (Å²) in [6, 6.07) is 1.94. The minimum absolute atomic E-state index is 0.0118. The van der Waals surface area contributed by atoms with Crippen LogP contribution in [-0.4, -0.2) is 91.6 Å². The molecule has 5 heterocycles. The third-order valence-corrected chi connectivity index (χ3v) is 8.05. The third kappa shape index (κ3) is 8.04. The molecule has 0 aliphatic carbocycles. The van der Waals surface area contributed by atoms with Crippen LogP contribution in [0.4, 0.5) is 24.5 Å². The number of piperazine rings is 1. The van der Waals surface area contributed by atoms with Gasteiger partial charge in [-0.15, -0.1) is 5.10 Å². The van der Waals surface area contributed by atoms with E-state index in [0.717, 1.165) is 22.2 Å². The molecule has 0 atom stereocenters. The average molecular weight is 702 g/mol. The Morgan fingerprint density at radius 3 is 2.40 bits per heavy atom. The van der Waals surface area contributed by atoms with Crippen LogP contribution in [0.1, 0.15) is 63.9 Å². The maximum atomic E-state index is 14.1. The van der Waals surface area contributed by atoms with Gasteiger partial charge in [0.2, 0.25) is 11.7 Å². The first-order valence-corrected chi connectivity index (χ1v) is 16.4. The molecule has 2 amide bonds. The summed E-state index contributed by atoms with van der Waals surface area (Å²) in [6.07, 6.45) is -0.540. The van der Waals surface area contributed by atoms with E-state index in [4.69, 9.17) is 4.74 Å². The van der Waals surface area contributed by atoms with E-state index in [1.54, 1.807) is 16.4 Å². The Labute approximate surface area is 287 Å². The number of anilines is 2. The summed E-state index contributed by atoms with van der Waals surface area (Å²) in [7, 11) is 0. The molecule has 270 valence electrons. The van der Waals surface area contributed by atoms with E-state index in [2.05, 4.69) is 25.4 Å².